The smallest absolute Gasteiger partial charge is 0.410 e. The van der Waals surface area contributed by atoms with Crippen molar-refractivity contribution in [2.24, 2.45) is 0 Å². The fourth-order valence-electron chi connectivity index (χ4n) is 5.97. The summed E-state index contributed by atoms with van der Waals surface area (Å²) in [7, 11) is 1.46. The largest absolute Gasteiger partial charge is 0.444 e. The Morgan fingerprint density at radius 1 is 1.02 bits per heavy atom. The van der Waals surface area contributed by atoms with Gasteiger partial charge in [-0.05, 0) is 103 Å². The highest BCUT2D eigenvalue weighted by molar-refractivity contribution is 5.93. The quantitative estimate of drug-likeness (QED) is 0.248. The molecule has 0 spiro atoms. The second-order valence-electron chi connectivity index (χ2n) is 14.0. The van der Waals surface area contributed by atoms with Crippen molar-refractivity contribution in [2.75, 3.05) is 33.3 Å². The second kappa shape index (κ2) is 17.6. The molecule has 2 heterocycles. The van der Waals surface area contributed by atoms with Gasteiger partial charge in [-0.1, -0.05) is 12.1 Å². The Morgan fingerprint density at radius 3 is 2.27 bits per heavy atom. The number of nitrogens with one attached hydrogen (secondary N) is 1. The number of imidazole rings is 1. The lowest BCUT2D eigenvalue weighted by atomic mass is 10.1. The van der Waals surface area contributed by atoms with E-state index in [2.05, 4.69) is 10.3 Å². The molecule has 2 aromatic carbocycles. The number of likely N-dealkylation sites (tertiary alicyclic amines) is 1. The Balaban J connectivity index is 1.55. The summed E-state index contributed by atoms with van der Waals surface area (Å²) in [4.78, 5) is 63.3. The molecule has 4 atom stereocenters. The van der Waals surface area contributed by atoms with E-state index in [9.17, 15) is 28.0 Å². The van der Waals surface area contributed by atoms with Gasteiger partial charge < -0.3 is 29.2 Å². The third-order valence-electron chi connectivity index (χ3n) is 8.99. The summed E-state index contributed by atoms with van der Waals surface area (Å²) in [6.07, 6.45) is 3.39. The van der Waals surface area contributed by atoms with Gasteiger partial charge in [0.1, 0.15) is 41.3 Å². The fourth-order valence-corrected chi connectivity index (χ4v) is 5.97. The van der Waals surface area contributed by atoms with Crippen molar-refractivity contribution >= 4 is 23.8 Å². The number of carbonyl (C=O) groups is 4. The maximum Gasteiger partial charge on any atom is 0.410 e. The number of hydrogen-bond acceptors (Lipinski definition) is 7. The van der Waals surface area contributed by atoms with Gasteiger partial charge in [0.05, 0.1) is 6.10 Å². The number of benzene rings is 2. The van der Waals surface area contributed by atoms with Crippen molar-refractivity contribution in [2.45, 2.75) is 90.6 Å². The minimum atomic E-state index is -1.07. The lowest BCUT2D eigenvalue weighted by molar-refractivity contribution is -0.142. The lowest BCUT2D eigenvalue weighted by Crippen LogP contribution is -2.59. The van der Waals surface area contributed by atoms with Crippen LogP contribution in [-0.2, 0) is 25.5 Å². The van der Waals surface area contributed by atoms with Crippen LogP contribution in [0.3, 0.4) is 0 Å². The molecule has 4 amide bonds. The van der Waals surface area contributed by atoms with Gasteiger partial charge in [0.2, 0.25) is 11.8 Å². The van der Waals surface area contributed by atoms with Crippen LogP contribution in [0.2, 0.25) is 0 Å². The standard InChI is InChI=1S/C38H50F2N6O6/c1-8-51-26(3)33(42-34(47)25(2)43(7)37(50)52-38(4,5)6)36(49)46-20-9-10-31(46)22-44(21-19-27-11-13-28(39)14-12-27)35(48)32-23-45(24-41-32)30-17-15-29(40)16-18-30/h11-18,23-26,31,33H,8-10,19-22H2,1-7H3,(H,42,47). The van der Waals surface area contributed by atoms with Crippen LogP contribution >= 0.6 is 0 Å². The van der Waals surface area contributed by atoms with Gasteiger partial charge in [-0.25, -0.2) is 18.6 Å². The molecule has 1 aromatic heterocycles. The van der Waals surface area contributed by atoms with Crippen LogP contribution in [-0.4, -0.2) is 111 Å². The van der Waals surface area contributed by atoms with Gasteiger partial charge in [-0.15, -0.1) is 0 Å². The molecule has 1 fully saturated rings. The summed E-state index contributed by atoms with van der Waals surface area (Å²) >= 11 is 0. The summed E-state index contributed by atoms with van der Waals surface area (Å²) < 4.78 is 40.0. The Bertz CT molecular complexity index is 1680. The Kier molecular flexibility index (Phi) is 13.5. The molecule has 1 N–H and O–H groups in total. The minimum absolute atomic E-state index is 0.164. The molecule has 282 valence electrons. The number of halogens is 2. The van der Waals surface area contributed by atoms with Crippen LogP contribution in [0.4, 0.5) is 13.6 Å². The van der Waals surface area contributed by atoms with Crippen molar-refractivity contribution in [3.63, 3.8) is 0 Å². The zero-order valence-electron chi connectivity index (χ0n) is 31.0. The van der Waals surface area contributed by atoms with Gasteiger partial charge in [0.15, 0.2) is 0 Å². The molecule has 12 nitrogen and oxygen atoms in total. The van der Waals surface area contributed by atoms with Crippen molar-refractivity contribution in [1.82, 2.24) is 29.6 Å². The lowest BCUT2D eigenvalue weighted by Gasteiger charge is -2.35. The molecule has 4 unspecified atom stereocenters. The Morgan fingerprint density at radius 2 is 1.65 bits per heavy atom. The van der Waals surface area contributed by atoms with E-state index >= 15 is 0 Å². The van der Waals surface area contributed by atoms with Gasteiger partial charge in [-0.3, -0.25) is 19.3 Å². The van der Waals surface area contributed by atoms with Crippen LogP contribution in [0.5, 0.6) is 0 Å². The van der Waals surface area contributed by atoms with Crippen LogP contribution < -0.4 is 5.32 Å². The number of nitrogens with zero attached hydrogens (tertiary/aromatic N) is 5. The number of ether oxygens (including phenoxy) is 2. The number of hydrogen-bond donors (Lipinski definition) is 1. The predicted octanol–water partition coefficient (Wildman–Crippen LogP) is 4.99. The Labute approximate surface area is 304 Å². The number of carbonyl (C=O) groups excluding carboxylic acids is 4. The summed E-state index contributed by atoms with van der Waals surface area (Å²) in [6, 6.07) is 9.43. The first-order valence-corrected chi connectivity index (χ1v) is 17.6. The highest BCUT2D eigenvalue weighted by Gasteiger charge is 2.39. The average molecular weight is 725 g/mol. The molecular weight excluding hydrogens is 674 g/mol. The van der Waals surface area contributed by atoms with Crippen LogP contribution in [0.25, 0.3) is 5.69 Å². The summed E-state index contributed by atoms with van der Waals surface area (Å²) in [5, 5.41) is 2.82. The second-order valence-corrected chi connectivity index (χ2v) is 14.0. The van der Waals surface area contributed by atoms with Crippen LogP contribution in [0.15, 0.2) is 61.1 Å². The molecule has 0 bridgehead atoms. The zero-order chi connectivity index (χ0) is 38.2. The van der Waals surface area contributed by atoms with E-state index in [0.717, 1.165) is 5.56 Å². The molecule has 4 rings (SSSR count). The third-order valence-corrected chi connectivity index (χ3v) is 8.99. The maximum atomic E-state index is 14.3. The van der Waals surface area contributed by atoms with Crippen molar-refractivity contribution in [3.05, 3.63) is 83.9 Å². The molecule has 1 aliphatic heterocycles. The molecular formula is C38H50F2N6O6. The number of amides is 4. The molecule has 0 radical (unpaired) electrons. The van der Waals surface area contributed by atoms with Crippen molar-refractivity contribution in [1.29, 1.82) is 0 Å². The van der Waals surface area contributed by atoms with Gasteiger partial charge in [-0.2, -0.15) is 0 Å². The van der Waals surface area contributed by atoms with Crippen LogP contribution in [0.1, 0.15) is 70.4 Å². The first-order valence-electron chi connectivity index (χ1n) is 17.6. The van der Waals surface area contributed by atoms with Crippen molar-refractivity contribution < 1.29 is 37.4 Å². The fraction of sp³-hybridized carbons (Fsp3) is 0.500. The van der Waals surface area contributed by atoms with E-state index in [4.69, 9.17) is 9.47 Å². The van der Waals surface area contributed by atoms with E-state index in [-0.39, 0.29) is 48.3 Å². The predicted molar refractivity (Wildman–Crippen MR) is 191 cm³/mol. The number of likely N-dealkylation sites (N-methyl/N-ethyl adjacent to an activating group) is 1. The SMILES string of the molecule is CCOC(C)C(NC(=O)C(C)N(C)C(=O)OC(C)(C)C)C(=O)N1CCCC1CN(CCc1ccc(F)cc1)C(=O)c1cn(-c2ccc(F)cc2)cn1. The summed E-state index contributed by atoms with van der Waals surface area (Å²) in [6.45, 7) is 11.4. The van der Waals surface area contributed by atoms with E-state index in [1.165, 1.54) is 42.5 Å². The maximum absolute atomic E-state index is 14.3. The van der Waals surface area contributed by atoms with E-state index in [1.807, 2.05) is 0 Å². The number of aromatic nitrogens is 2. The average Bonchev–Trinajstić information content (AvgIpc) is 3.78. The molecule has 0 saturated carbocycles. The zero-order valence-corrected chi connectivity index (χ0v) is 31.0. The van der Waals surface area contributed by atoms with Crippen molar-refractivity contribution in [3.8, 4) is 5.69 Å². The third kappa shape index (κ3) is 10.6. The van der Waals surface area contributed by atoms with Gasteiger partial charge >= 0.3 is 6.09 Å². The topological polar surface area (TPSA) is 126 Å². The van der Waals surface area contributed by atoms with Crippen LogP contribution in [0, 0.1) is 11.6 Å². The minimum Gasteiger partial charge on any atom is -0.444 e. The molecule has 14 heteroatoms. The number of rotatable bonds is 14. The van der Waals surface area contributed by atoms with E-state index in [0.29, 0.717) is 38.1 Å². The molecule has 1 aliphatic rings. The Hall–Kier alpha value is -4.85. The first-order chi connectivity index (χ1) is 24.6. The first kappa shape index (κ1) is 39.9. The highest BCUT2D eigenvalue weighted by atomic mass is 19.1. The van der Waals surface area contributed by atoms with Gasteiger partial charge in [0, 0.05) is 51.2 Å². The molecule has 3 aromatic rings. The normalized spacial score (nSPS) is 16.2. The van der Waals surface area contributed by atoms with Gasteiger partial charge in [0.25, 0.3) is 5.91 Å². The summed E-state index contributed by atoms with van der Waals surface area (Å²) in [5.74, 6) is -2.04. The molecule has 1 saturated heterocycles. The summed E-state index contributed by atoms with van der Waals surface area (Å²) in [5.41, 5.74) is 0.860. The van der Waals surface area contributed by atoms with E-state index < -0.39 is 35.8 Å². The monoisotopic (exact) mass is 724 g/mol. The van der Waals surface area contributed by atoms with E-state index in [1.54, 1.807) is 86.4 Å². The molecule has 52 heavy (non-hydrogen) atoms. The highest BCUT2D eigenvalue weighted by Crippen LogP contribution is 2.23. The molecule has 0 aliphatic carbocycles.